The average molecular weight is 334 g/mol. The first-order chi connectivity index (χ1) is 11.1. The molecule has 0 saturated heterocycles. The summed E-state index contributed by atoms with van der Waals surface area (Å²) in [5.41, 5.74) is 1.22. The van der Waals surface area contributed by atoms with E-state index in [1.165, 1.54) is 6.42 Å². The second kappa shape index (κ2) is 6.83. The lowest BCUT2D eigenvalue weighted by atomic mass is 9.94. The van der Waals surface area contributed by atoms with Gasteiger partial charge in [0.2, 0.25) is 0 Å². The van der Waals surface area contributed by atoms with Crippen LogP contribution in [0.25, 0.3) is 0 Å². The van der Waals surface area contributed by atoms with Crippen molar-refractivity contribution in [3.8, 4) is 5.75 Å². The zero-order chi connectivity index (χ0) is 16.4. The van der Waals surface area contributed by atoms with Crippen molar-refractivity contribution in [1.29, 1.82) is 0 Å². The van der Waals surface area contributed by atoms with Gasteiger partial charge in [-0.3, -0.25) is 9.59 Å². The summed E-state index contributed by atoms with van der Waals surface area (Å²) in [6.07, 6.45) is 6.69. The van der Waals surface area contributed by atoms with Gasteiger partial charge in [-0.2, -0.15) is 11.8 Å². The molecule has 1 aliphatic heterocycles. The zero-order valence-corrected chi connectivity index (χ0v) is 14.3. The molecule has 2 atom stereocenters. The van der Waals surface area contributed by atoms with Crippen molar-refractivity contribution < 1.29 is 14.3 Å². The normalized spacial score (nSPS) is 23.9. The molecule has 23 heavy (non-hydrogen) atoms. The van der Waals surface area contributed by atoms with Gasteiger partial charge in [0, 0.05) is 23.9 Å². The summed E-state index contributed by atoms with van der Waals surface area (Å²) in [4.78, 5) is 25.9. The smallest absolute Gasteiger partial charge is 0.264 e. The predicted octanol–water partition coefficient (Wildman–Crippen LogP) is 2.45. The van der Waals surface area contributed by atoms with E-state index >= 15 is 0 Å². The van der Waals surface area contributed by atoms with Crippen LogP contribution in [0.2, 0.25) is 0 Å². The number of rotatable bonds is 3. The SMILES string of the molecule is CS[C@@H]1CCCC[C@H]1NC(=O)c1ccc2c(c1)N(C)C(=O)CO2. The fourth-order valence-electron chi connectivity index (χ4n) is 3.21. The summed E-state index contributed by atoms with van der Waals surface area (Å²) >= 11 is 1.83. The Kier molecular flexibility index (Phi) is 4.80. The van der Waals surface area contributed by atoms with Gasteiger partial charge >= 0.3 is 0 Å². The molecule has 1 heterocycles. The third-order valence-corrected chi connectivity index (χ3v) is 5.80. The Morgan fingerprint density at radius 2 is 2.13 bits per heavy atom. The Morgan fingerprint density at radius 3 is 2.91 bits per heavy atom. The van der Waals surface area contributed by atoms with Gasteiger partial charge in [-0.25, -0.2) is 0 Å². The van der Waals surface area contributed by atoms with Crippen molar-refractivity contribution in [2.45, 2.75) is 37.0 Å². The Labute approximate surface area is 140 Å². The number of nitrogens with zero attached hydrogens (tertiary/aromatic N) is 1. The molecule has 1 aliphatic carbocycles. The molecule has 0 spiro atoms. The monoisotopic (exact) mass is 334 g/mol. The first kappa shape index (κ1) is 16.2. The number of hydrogen-bond donors (Lipinski definition) is 1. The van der Waals surface area contributed by atoms with Gasteiger partial charge < -0.3 is 15.0 Å². The van der Waals surface area contributed by atoms with Gasteiger partial charge in [0.05, 0.1) is 5.69 Å². The van der Waals surface area contributed by atoms with Gasteiger partial charge in [0.1, 0.15) is 5.75 Å². The van der Waals surface area contributed by atoms with E-state index in [0.29, 0.717) is 22.3 Å². The van der Waals surface area contributed by atoms with Gasteiger partial charge in [-0.05, 0) is 37.3 Å². The van der Waals surface area contributed by atoms with Gasteiger partial charge in [-0.1, -0.05) is 12.8 Å². The molecule has 0 radical (unpaired) electrons. The van der Waals surface area contributed by atoms with Gasteiger partial charge in [-0.15, -0.1) is 0 Å². The van der Waals surface area contributed by atoms with E-state index in [2.05, 4.69) is 11.6 Å². The number of carbonyl (C=O) groups is 2. The number of benzene rings is 1. The van der Waals surface area contributed by atoms with Crippen molar-refractivity contribution in [3.05, 3.63) is 23.8 Å². The first-order valence-electron chi connectivity index (χ1n) is 7.97. The van der Waals surface area contributed by atoms with E-state index in [9.17, 15) is 9.59 Å². The van der Waals surface area contributed by atoms with Crippen molar-refractivity contribution >= 4 is 29.3 Å². The lowest BCUT2D eigenvalue weighted by Crippen LogP contribution is -2.43. The van der Waals surface area contributed by atoms with Crippen molar-refractivity contribution in [2.75, 3.05) is 24.8 Å². The van der Waals surface area contributed by atoms with E-state index < -0.39 is 0 Å². The highest BCUT2D eigenvalue weighted by Crippen LogP contribution is 2.32. The maximum absolute atomic E-state index is 12.6. The Hall–Kier alpha value is -1.69. The molecule has 0 bridgehead atoms. The number of hydrogen-bond acceptors (Lipinski definition) is 4. The Bertz CT molecular complexity index is 620. The van der Waals surface area contributed by atoms with E-state index in [-0.39, 0.29) is 24.5 Å². The summed E-state index contributed by atoms with van der Waals surface area (Å²) in [6.45, 7) is 0.0481. The molecular formula is C17H22N2O3S. The number of amides is 2. The predicted molar refractivity (Wildman–Crippen MR) is 92.4 cm³/mol. The fraction of sp³-hybridized carbons (Fsp3) is 0.529. The lowest BCUT2D eigenvalue weighted by Gasteiger charge is -2.31. The van der Waals surface area contributed by atoms with E-state index in [0.717, 1.165) is 19.3 Å². The number of nitrogens with one attached hydrogen (secondary N) is 1. The molecule has 2 aliphatic rings. The van der Waals surface area contributed by atoms with Crippen LogP contribution >= 0.6 is 11.8 Å². The molecule has 0 aromatic heterocycles. The molecule has 2 amide bonds. The molecular weight excluding hydrogens is 312 g/mol. The minimum Gasteiger partial charge on any atom is -0.482 e. The van der Waals surface area contributed by atoms with Crippen LogP contribution in [0.3, 0.4) is 0 Å². The second-order valence-electron chi connectivity index (χ2n) is 6.06. The number of ether oxygens (including phenoxy) is 1. The highest BCUT2D eigenvalue weighted by Gasteiger charge is 2.27. The average Bonchev–Trinajstić information content (AvgIpc) is 2.58. The van der Waals surface area contributed by atoms with Crippen LogP contribution in [0.5, 0.6) is 5.75 Å². The van der Waals surface area contributed by atoms with Crippen LogP contribution in [0.15, 0.2) is 18.2 Å². The molecule has 124 valence electrons. The standard InChI is InChI=1S/C17H22N2O3S/c1-19-13-9-11(7-8-14(13)22-10-16(19)20)17(21)18-12-5-3-4-6-15(12)23-2/h7-9,12,15H,3-6,10H2,1-2H3,(H,18,21)/t12-,15-/m1/s1. The van der Waals surface area contributed by atoms with Crippen LogP contribution in [0.4, 0.5) is 5.69 Å². The summed E-state index contributed by atoms with van der Waals surface area (Å²) in [6, 6.07) is 5.48. The van der Waals surface area contributed by atoms with Gasteiger partial charge in [0.25, 0.3) is 11.8 Å². The van der Waals surface area contributed by atoms with E-state index in [1.54, 1.807) is 30.1 Å². The van der Waals surface area contributed by atoms with E-state index in [1.807, 2.05) is 11.8 Å². The number of likely N-dealkylation sites (N-methyl/N-ethyl adjacent to an activating group) is 1. The molecule has 1 N–H and O–H groups in total. The van der Waals surface area contributed by atoms with Crippen LogP contribution < -0.4 is 15.0 Å². The molecule has 6 heteroatoms. The number of carbonyl (C=O) groups excluding carboxylic acids is 2. The topological polar surface area (TPSA) is 58.6 Å². The summed E-state index contributed by atoms with van der Waals surface area (Å²) < 4.78 is 5.40. The zero-order valence-electron chi connectivity index (χ0n) is 13.5. The van der Waals surface area contributed by atoms with Crippen molar-refractivity contribution in [3.63, 3.8) is 0 Å². The second-order valence-corrected chi connectivity index (χ2v) is 7.14. The van der Waals surface area contributed by atoms with Crippen molar-refractivity contribution in [2.24, 2.45) is 0 Å². The maximum atomic E-state index is 12.6. The number of thioether (sulfide) groups is 1. The Balaban J connectivity index is 1.76. The lowest BCUT2D eigenvalue weighted by molar-refractivity contribution is -0.120. The molecule has 1 saturated carbocycles. The summed E-state index contributed by atoms with van der Waals surface area (Å²) in [5.74, 6) is 0.457. The highest BCUT2D eigenvalue weighted by molar-refractivity contribution is 7.99. The molecule has 1 aromatic carbocycles. The Morgan fingerprint density at radius 1 is 1.35 bits per heavy atom. The minimum absolute atomic E-state index is 0.0481. The molecule has 1 aromatic rings. The van der Waals surface area contributed by atoms with Crippen LogP contribution in [0.1, 0.15) is 36.0 Å². The molecule has 1 fully saturated rings. The van der Waals surface area contributed by atoms with Crippen LogP contribution in [0, 0.1) is 0 Å². The quantitative estimate of drug-likeness (QED) is 0.922. The highest BCUT2D eigenvalue weighted by atomic mass is 32.2. The third kappa shape index (κ3) is 3.32. The first-order valence-corrected chi connectivity index (χ1v) is 9.26. The molecule has 3 rings (SSSR count). The summed E-state index contributed by atoms with van der Waals surface area (Å²) in [5, 5.41) is 3.65. The number of fused-ring (bicyclic) bond motifs is 1. The third-order valence-electron chi connectivity index (χ3n) is 4.63. The number of anilines is 1. The summed E-state index contributed by atoms with van der Waals surface area (Å²) in [7, 11) is 1.70. The molecule has 5 nitrogen and oxygen atoms in total. The van der Waals surface area contributed by atoms with E-state index in [4.69, 9.17) is 4.74 Å². The maximum Gasteiger partial charge on any atom is 0.264 e. The molecule has 0 unspecified atom stereocenters. The van der Waals surface area contributed by atoms with Crippen LogP contribution in [-0.4, -0.2) is 43.0 Å². The fourth-order valence-corrected chi connectivity index (χ4v) is 4.14. The van der Waals surface area contributed by atoms with Crippen LogP contribution in [-0.2, 0) is 4.79 Å². The van der Waals surface area contributed by atoms with Gasteiger partial charge in [0.15, 0.2) is 6.61 Å². The largest absolute Gasteiger partial charge is 0.482 e. The minimum atomic E-state index is -0.107. The van der Waals surface area contributed by atoms with Crippen molar-refractivity contribution in [1.82, 2.24) is 5.32 Å².